The molecule has 3 aromatic heterocycles. The Hall–Kier alpha value is -2.16. The first-order valence-corrected chi connectivity index (χ1v) is 11.7. The number of hydrogen-bond donors (Lipinski definition) is 2. The molecular formula is C16H21AsN8O2. The number of aliphatic hydroxyl groups excluding tert-OH is 1. The van der Waals surface area contributed by atoms with E-state index in [0.717, 1.165) is 26.1 Å². The van der Waals surface area contributed by atoms with Crippen molar-refractivity contribution >= 4 is 33.4 Å². The van der Waals surface area contributed by atoms with E-state index in [2.05, 4.69) is 29.9 Å². The number of aliphatic hydroxyl groups is 1. The second kappa shape index (κ2) is 6.78. The average Bonchev–Trinajstić information content (AvgIpc) is 3.36. The van der Waals surface area contributed by atoms with Crippen LogP contribution in [0.2, 0.25) is 5.21 Å². The van der Waals surface area contributed by atoms with E-state index in [0.29, 0.717) is 34.2 Å². The summed E-state index contributed by atoms with van der Waals surface area (Å²) in [5, 5.41) is 15.2. The van der Waals surface area contributed by atoms with Crippen molar-refractivity contribution < 1.29 is 9.52 Å². The van der Waals surface area contributed by atoms with E-state index in [1.807, 2.05) is 0 Å². The zero-order chi connectivity index (χ0) is 18.4. The van der Waals surface area contributed by atoms with Crippen molar-refractivity contribution in [1.29, 1.82) is 0 Å². The second-order valence-corrected chi connectivity index (χ2v) is 10.1. The molecule has 10 nitrogen and oxygen atoms in total. The summed E-state index contributed by atoms with van der Waals surface area (Å²) in [6.45, 7) is 2.85. The predicted octanol–water partition coefficient (Wildman–Crippen LogP) is -0.571. The molecule has 3 unspecified atom stereocenters. The Labute approximate surface area is 162 Å². The Balaban J connectivity index is 1.43. The van der Waals surface area contributed by atoms with Gasteiger partial charge in [-0.1, -0.05) is 0 Å². The molecule has 2 saturated heterocycles. The number of rotatable bonds is 3. The molecule has 11 heteroatoms. The molecule has 0 spiro atoms. The van der Waals surface area contributed by atoms with Gasteiger partial charge in [0.2, 0.25) is 0 Å². The van der Waals surface area contributed by atoms with Crippen LogP contribution in [0.1, 0.15) is 6.42 Å². The van der Waals surface area contributed by atoms with Gasteiger partial charge in [-0.3, -0.25) is 0 Å². The Morgan fingerprint density at radius 3 is 3.04 bits per heavy atom. The van der Waals surface area contributed by atoms with Gasteiger partial charge in [0.25, 0.3) is 0 Å². The molecule has 0 saturated carbocycles. The SMILES string of the molecule is Nc1nc(N2CCN3C(CO)CC[AsH]C3C2)nc2nc(-c3ccco3)nn12. The fourth-order valence-electron chi connectivity index (χ4n) is 3.82. The molecular weight excluding hydrogens is 411 g/mol. The van der Waals surface area contributed by atoms with Crippen LogP contribution >= 0.6 is 0 Å². The number of anilines is 2. The third kappa shape index (κ3) is 2.97. The van der Waals surface area contributed by atoms with Crippen LogP contribution in [0.5, 0.6) is 0 Å². The molecule has 2 fully saturated rings. The Bertz CT molecular complexity index is 945. The number of hydrogen-bond acceptors (Lipinski definition) is 9. The first-order chi connectivity index (χ1) is 13.2. The quantitative estimate of drug-likeness (QED) is 0.524. The van der Waals surface area contributed by atoms with Crippen LogP contribution in [0.25, 0.3) is 17.4 Å². The topological polar surface area (TPSA) is 122 Å². The maximum absolute atomic E-state index is 9.64. The number of piperazine rings is 1. The minimum atomic E-state index is -0.0652. The number of nitrogens with two attached hydrogens (primary N) is 1. The van der Waals surface area contributed by atoms with Gasteiger partial charge in [0.1, 0.15) is 0 Å². The van der Waals surface area contributed by atoms with Crippen LogP contribution in [0, 0.1) is 0 Å². The molecule has 0 radical (unpaired) electrons. The van der Waals surface area contributed by atoms with Crippen LogP contribution in [0.4, 0.5) is 11.9 Å². The van der Waals surface area contributed by atoms with Gasteiger partial charge in [-0.25, -0.2) is 0 Å². The van der Waals surface area contributed by atoms with Crippen molar-refractivity contribution in [2.45, 2.75) is 22.5 Å². The van der Waals surface area contributed by atoms with Gasteiger partial charge >= 0.3 is 162 Å². The van der Waals surface area contributed by atoms with Crippen LogP contribution in [0.3, 0.4) is 0 Å². The van der Waals surface area contributed by atoms with Crippen molar-refractivity contribution in [3.8, 4) is 11.6 Å². The van der Waals surface area contributed by atoms with E-state index < -0.39 is 0 Å². The minimum absolute atomic E-state index is 0.0652. The third-order valence-electron chi connectivity index (χ3n) is 5.21. The molecule has 0 bridgehead atoms. The number of nitrogen functional groups attached to an aromatic ring is 1. The molecule has 142 valence electrons. The summed E-state index contributed by atoms with van der Waals surface area (Å²) < 4.78 is 6.79. The fourth-order valence-corrected chi connectivity index (χ4v) is 7.51. The van der Waals surface area contributed by atoms with Gasteiger partial charge < -0.3 is 0 Å². The van der Waals surface area contributed by atoms with Crippen LogP contribution in [-0.2, 0) is 0 Å². The molecule has 5 heterocycles. The van der Waals surface area contributed by atoms with Gasteiger partial charge in [0.15, 0.2) is 0 Å². The van der Waals surface area contributed by atoms with Crippen molar-refractivity contribution in [1.82, 2.24) is 29.5 Å². The number of aromatic nitrogens is 5. The van der Waals surface area contributed by atoms with Crippen molar-refractivity contribution in [3.05, 3.63) is 18.4 Å². The predicted molar refractivity (Wildman–Crippen MR) is 101 cm³/mol. The number of fused-ring (bicyclic) bond motifs is 2. The summed E-state index contributed by atoms with van der Waals surface area (Å²) in [4.78, 5) is 18.7. The van der Waals surface area contributed by atoms with Gasteiger partial charge in [-0.15, -0.1) is 0 Å². The van der Waals surface area contributed by atoms with Crippen molar-refractivity contribution in [3.63, 3.8) is 0 Å². The van der Waals surface area contributed by atoms with E-state index in [-0.39, 0.29) is 28.3 Å². The fraction of sp³-hybridized carbons (Fsp3) is 0.500. The summed E-state index contributed by atoms with van der Waals surface area (Å²) >= 11 is -0.0652. The average molecular weight is 432 g/mol. The Morgan fingerprint density at radius 2 is 2.22 bits per heavy atom. The monoisotopic (exact) mass is 432 g/mol. The van der Waals surface area contributed by atoms with Crippen molar-refractivity contribution in [2.75, 3.05) is 36.9 Å². The standard InChI is InChI=1S/C16H21AsN8O2/c18-14-20-15(21-16-19-13(22-25(14)16)11-2-1-7-27-11)23-5-6-24-10(9-26)3-4-17-12(24)8-23/h1-2,7,10,12,17,26H,3-6,8-9H2,(H2,18,19,20,21,22). The van der Waals surface area contributed by atoms with E-state index in [9.17, 15) is 5.11 Å². The summed E-state index contributed by atoms with van der Waals surface area (Å²) in [6, 6.07) is 3.88. The Morgan fingerprint density at radius 1 is 1.30 bits per heavy atom. The molecule has 3 atom stereocenters. The normalized spacial score (nSPS) is 24.6. The molecule has 2 aliphatic rings. The molecule has 0 aliphatic carbocycles. The van der Waals surface area contributed by atoms with Gasteiger partial charge in [-0.2, -0.15) is 0 Å². The van der Waals surface area contributed by atoms with Gasteiger partial charge in [0, 0.05) is 0 Å². The molecule has 3 aromatic rings. The summed E-state index contributed by atoms with van der Waals surface area (Å²) in [5.41, 5.74) is 6.12. The van der Waals surface area contributed by atoms with E-state index in [1.54, 1.807) is 18.4 Å². The van der Waals surface area contributed by atoms with Crippen LogP contribution in [0.15, 0.2) is 22.8 Å². The maximum atomic E-state index is 9.64. The third-order valence-corrected chi connectivity index (χ3v) is 8.48. The van der Waals surface area contributed by atoms with Crippen LogP contribution < -0.4 is 10.6 Å². The van der Waals surface area contributed by atoms with E-state index in [4.69, 9.17) is 10.2 Å². The van der Waals surface area contributed by atoms with E-state index in [1.165, 1.54) is 9.72 Å². The summed E-state index contributed by atoms with van der Waals surface area (Å²) in [5.74, 6) is 2.27. The number of nitrogens with zero attached hydrogens (tertiary/aromatic N) is 7. The first-order valence-electron chi connectivity index (χ1n) is 9.02. The van der Waals surface area contributed by atoms with Gasteiger partial charge in [-0.05, 0) is 0 Å². The Kier molecular flexibility index (Phi) is 4.26. The van der Waals surface area contributed by atoms with Gasteiger partial charge in [0.05, 0.1) is 0 Å². The first kappa shape index (κ1) is 17.0. The zero-order valence-corrected chi connectivity index (χ0v) is 16.8. The molecule has 27 heavy (non-hydrogen) atoms. The van der Waals surface area contributed by atoms with E-state index >= 15 is 0 Å². The molecule has 0 aromatic carbocycles. The molecule has 2 aliphatic heterocycles. The second-order valence-electron chi connectivity index (χ2n) is 6.79. The summed E-state index contributed by atoms with van der Waals surface area (Å²) in [6.07, 6.45) is 2.70. The summed E-state index contributed by atoms with van der Waals surface area (Å²) in [7, 11) is 0. The zero-order valence-electron chi connectivity index (χ0n) is 14.7. The van der Waals surface area contributed by atoms with Crippen LogP contribution in [-0.4, -0.2) is 87.4 Å². The molecule has 5 rings (SSSR count). The molecule has 0 amide bonds. The molecule has 3 N–H and O–H groups in total. The van der Waals surface area contributed by atoms with Crippen molar-refractivity contribution in [2.24, 2.45) is 0 Å². The number of furan rings is 1.